The second-order valence-corrected chi connectivity index (χ2v) is 10.8. The molecule has 6 nitrogen and oxygen atoms in total. The van der Waals surface area contributed by atoms with E-state index in [9.17, 15) is 18.3 Å². The van der Waals surface area contributed by atoms with Crippen molar-refractivity contribution in [2.24, 2.45) is 0 Å². The maximum Gasteiger partial charge on any atom is 0.307 e. The molecule has 0 amide bonds. The number of aryl methyl sites for hydroxylation is 1. The number of carbonyl (C=O) groups is 1. The SMILES string of the molecule is Cc1ccc(S(=O)(=O)C2CNCCN2Cc2cc(CC(=O)O)ccc2C#Cc2ccccc2)cc1. The molecule has 4 rings (SSSR count). The predicted molar refractivity (Wildman–Crippen MR) is 136 cm³/mol. The maximum absolute atomic E-state index is 13.5. The summed E-state index contributed by atoms with van der Waals surface area (Å²) in [5.41, 5.74) is 4.10. The molecule has 0 aliphatic carbocycles. The minimum Gasteiger partial charge on any atom is -0.481 e. The highest BCUT2D eigenvalue weighted by Crippen LogP contribution is 2.24. The number of aliphatic carboxylic acids is 1. The van der Waals surface area contributed by atoms with Gasteiger partial charge in [0.15, 0.2) is 9.84 Å². The van der Waals surface area contributed by atoms with Crippen molar-refractivity contribution in [1.29, 1.82) is 0 Å². The van der Waals surface area contributed by atoms with E-state index in [0.29, 0.717) is 36.6 Å². The van der Waals surface area contributed by atoms with Gasteiger partial charge in [0.1, 0.15) is 5.37 Å². The number of hydrogen-bond donors (Lipinski definition) is 2. The fraction of sp³-hybridized carbons (Fsp3) is 0.250. The quantitative estimate of drug-likeness (QED) is 0.518. The van der Waals surface area contributed by atoms with E-state index < -0.39 is 21.2 Å². The first-order valence-electron chi connectivity index (χ1n) is 11.5. The number of hydrogen-bond acceptors (Lipinski definition) is 5. The van der Waals surface area contributed by atoms with Crippen LogP contribution in [0.4, 0.5) is 0 Å². The molecule has 1 atom stereocenters. The lowest BCUT2D eigenvalue weighted by molar-refractivity contribution is -0.136. The van der Waals surface area contributed by atoms with E-state index in [4.69, 9.17) is 0 Å². The summed E-state index contributed by atoms with van der Waals surface area (Å²) in [6, 6.07) is 22.0. The van der Waals surface area contributed by atoms with Gasteiger partial charge in [-0.05, 0) is 48.4 Å². The molecule has 7 heteroatoms. The largest absolute Gasteiger partial charge is 0.481 e. The van der Waals surface area contributed by atoms with Crippen molar-refractivity contribution in [1.82, 2.24) is 10.2 Å². The van der Waals surface area contributed by atoms with Crippen molar-refractivity contribution >= 4 is 15.8 Å². The Hall–Kier alpha value is -3.44. The molecule has 3 aromatic rings. The lowest BCUT2D eigenvalue weighted by Gasteiger charge is -2.36. The van der Waals surface area contributed by atoms with Crippen LogP contribution >= 0.6 is 0 Å². The molecular weight excluding hydrogens is 460 g/mol. The zero-order valence-electron chi connectivity index (χ0n) is 19.6. The van der Waals surface area contributed by atoms with Gasteiger partial charge < -0.3 is 10.4 Å². The van der Waals surface area contributed by atoms with Crippen LogP contribution in [0.1, 0.15) is 27.8 Å². The number of piperazine rings is 1. The first-order chi connectivity index (χ1) is 16.8. The van der Waals surface area contributed by atoms with E-state index in [0.717, 1.165) is 22.3 Å². The Balaban J connectivity index is 1.68. The molecule has 3 aromatic carbocycles. The van der Waals surface area contributed by atoms with Gasteiger partial charge in [0.2, 0.25) is 0 Å². The Morgan fingerprint density at radius 2 is 1.80 bits per heavy atom. The first kappa shape index (κ1) is 24.7. The smallest absolute Gasteiger partial charge is 0.307 e. The lowest BCUT2D eigenvalue weighted by Crippen LogP contribution is -2.54. The Morgan fingerprint density at radius 3 is 2.51 bits per heavy atom. The predicted octanol–water partition coefficient (Wildman–Crippen LogP) is 3.23. The second-order valence-electron chi connectivity index (χ2n) is 8.67. The highest BCUT2D eigenvalue weighted by molar-refractivity contribution is 7.92. The summed E-state index contributed by atoms with van der Waals surface area (Å²) >= 11 is 0. The minimum absolute atomic E-state index is 0.105. The van der Waals surface area contributed by atoms with Gasteiger partial charge in [-0.2, -0.15) is 0 Å². The Bertz CT molecular complexity index is 1360. The van der Waals surface area contributed by atoms with E-state index >= 15 is 0 Å². The lowest BCUT2D eigenvalue weighted by atomic mass is 10.0. The molecule has 0 spiro atoms. The highest BCUT2D eigenvalue weighted by atomic mass is 32.2. The van der Waals surface area contributed by atoms with E-state index in [2.05, 4.69) is 17.2 Å². The zero-order chi connectivity index (χ0) is 24.8. The van der Waals surface area contributed by atoms with E-state index in [1.807, 2.05) is 54.3 Å². The van der Waals surface area contributed by atoms with Gasteiger partial charge in [0.05, 0.1) is 11.3 Å². The van der Waals surface area contributed by atoms with E-state index in [1.165, 1.54) is 0 Å². The Morgan fingerprint density at radius 1 is 1.06 bits per heavy atom. The van der Waals surface area contributed by atoms with Crippen molar-refractivity contribution < 1.29 is 18.3 Å². The molecule has 0 radical (unpaired) electrons. The van der Waals surface area contributed by atoms with Crippen LogP contribution in [0.25, 0.3) is 0 Å². The fourth-order valence-corrected chi connectivity index (χ4v) is 5.90. The van der Waals surface area contributed by atoms with Crippen LogP contribution in [0, 0.1) is 18.8 Å². The molecule has 0 bridgehead atoms. The third-order valence-electron chi connectivity index (χ3n) is 6.02. The standard InChI is InChI=1S/C28H28N2O4S/c1-21-7-13-26(14-8-21)35(33,34)27-19-29-15-16-30(27)20-25-17-23(18-28(31)32)10-12-24(25)11-9-22-5-3-2-4-6-22/h2-8,10,12-14,17,27,29H,15-16,18-20H2,1H3,(H,31,32). The van der Waals surface area contributed by atoms with Crippen LogP contribution in [0.5, 0.6) is 0 Å². The van der Waals surface area contributed by atoms with Crippen molar-refractivity contribution in [3.05, 3.63) is 101 Å². The molecule has 1 aliphatic heterocycles. The number of carboxylic acids is 1. The molecule has 1 aliphatic rings. The zero-order valence-corrected chi connectivity index (χ0v) is 20.4. The number of nitrogens with one attached hydrogen (secondary N) is 1. The number of carboxylic acid groups (broad SMARTS) is 1. The molecule has 35 heavy (non-hydrogen) atoms. The van der Waals surface area contributed by atoms with Crippen molar-refractivity contribution in [2.45, 2.75) is 30.2 Å². The summed E-state index contributed by atoms with van der Waals surface area (Å²) in [4.78, 5) is 13.5. The average molecular weight is 489 g/mol. The third-order valence-corrected chi connectivity index (χ3v) is 8.13. The van der Waals surface area contributed by atoms with Crippen LogP contribution < -0.4 is 5.32 Å². The molecule has 2 N–H and O–H groups in total. The molecule has 0 saturated carbocycles. The van der Waals surface area contributed by atoms with Crippen LogP contribution in [0.3, 0.4) is 0 Å². The van der Waals surface area contributed by atoms with Gasteiger partial charge in [-0.3, -0.25) is 9.69 Å². The summed E-state index contributed by atoms with van der Waals surface area (Å²) in [6.45, 7) is 3.80. The molecule has 0 aromatic heterocycles. The van der Waals surface area contributed by atoms with Gasteiger partial charge in [0, 0.05) is 37.3 Å². The van der Waals surface area contributed by atoms with Crippen molar-refractivity contribution in [2.75, 3.05) is 19.6 Å². The second kappa shape index (κ2) is 10.9. The van der Waals surface area contributed by atoms with Crippen LogP contribution in [0.15, 0.2) is 77.7 Å². The van der Waals surface area contributed by atoms with Gasteiger partial charge in [-0.25, -0.2) is 8.42 Å². The average Bonchev–Trinajstić information content (AvgIpc) is 2.84. The minimum atomic E-state index is -3.61. The summed E-state index contributed by atoms with van der Waals surface area (Å²) < 4.78 is 27.0. The molecule has 1 fully saturated rings. The summed E-state index contributed by atoms with van der Waals surface area (Å²) in [5.74, 6) is 5.44. The van der Waals surface area contributed by atoms with E-state index in [1.54, 1.807) is 30.3 Å². The molecule has 1 heterocycles. The van der Waals surface area contributed by atoms with E-state index in [-0.39, 0.29) is 6.42 Å². The van der Waals surface area contributed by atoms with Gasteiger partial charge >= 0.3 is 5.97 Å². The molecule has 1 saturated heterocycles. The molecule has 180 valence electrons. The maximum atomic E-state index is 13.5. The van der Waals surface area contributed by atoms with Gasteiger partial charge in [-0.15, -0.1) is 0 Å². The molecular formula is C28H28N2O4S. The number of rotatable bonds is 6. The van der Waals surface area contributed by atoms with Crippen molar-refractivity contribution in [3.63, 3.8) is 0 Å². The fourth-order valence-electron chi connectivity index (χ4n) is 4.16. The third kappa shape index (κ3) is 6.17. The monoisotopic (exact) mass is 488 g/mol. The Labute approximate surface area is 206 Å². The van der Waals surface area contributed by atoms with Crippen molar-refractivity contribution in [3.8, 4) is 11.8 Å². The summed E-state index contributed by atoms with van der Waals surface area (Å²) in [6.07, 6.45) is -0.105. The van der Waals surface area contributed by atoms with Crippen LogP contribution in [-0.4, -0.2) is 49.4 Å². The van der Waals surface area contributed by atoms with Crippen LogP contribution in [-0.2, 0) is 27.6 Å². The normalized spacial score (nSPS) is 16.3. The summed E-state index contributed by atoms with van der Waals surface area (Å²) in [7, 11) is -3.61. The molecule has 1 unspecified atom stereocenters. The topological polar surface area (TPSA) is 86.7 Å². The highest BCUT2D eigenvalue weighted by Gasteiger charge is 2.35. The number of sulfone groups is 1. The number of nitrogens with zero attached hydrogens (tertiary/aromatic N) is 1. The van der Waals surface area contributed by atoms with Crippen LogP contribution in [0.2, 0.25) is 0 Å². The van der Waals surface area contributed by atoms with Gasteiger partial charge in [0.25, 0.3) is 0 Å². The number of benzene rings is 3. The first-order valence-corrected chi connectivity index (χ1v) is 13.0. The summed E-state index contributed by atoms with van der Waals surface area (Å²) in [5, 5.41) is 11.7. The Kier molecular flexibility index (Phi) is 7.67. The van der Waals surface area contributed by atoms with Gasteiger partial charge in [-0.1, -0.05) is 59.9 Å².